The number of H-pyrrole nitrogens is 1. The molecule has 0 atom stereocenters. The number of hydrogen-bond acceptors (Lipinski definition) is 2. The molecule has 4 heteroatoms. The highest BCUT2D eigenvalue weighted by atomic mass is 16.4. The zero-order valence-corrected chi connectivity index (χ0v) is 10.7. The van der Waals surface area contributed by atoms with Crippen molar-refractivity contribution in [2.24, 2.45) is 0 Å². The molecule has 1 aromatic carbocycles. The van der Waals surface area contributed by atoms with E-state index in [1.807, 2.05) is 24.1 Å². The van der Waals surface area contributed by atoms with Gasteiger partial charge < -0.3 is 10.1 Å². The summed E-state index contributed by atoms with van der Waals surface area (Å²) in [5.41, 5.74) is 3.59. The summed E-state index contributed by atoms with van der Waals surface area (Å²) in [4.78, 5) is 15.8. The van der Waals surface area contributed by atoms with Crippen LogP contribution in [-0.4, -0.2) is 41.1 Å². The van der Waals surface area contributed by atoms with E-state index in [1.54, 1.807) is 0 Å². The van der Waals surface area contributed by atoms with Crippen LogP contribution >= 0.6 is 0 Å². The lowest BCUT2D eigenvalue weighted by Crippen LogP contribution is -2.27. The van der Waals surface area contributed by atoms with Gasteiger partial charge in [0, 0.05) is 23.1 Å². The van der Waals surface area contributed by atoms with E-state index in [2.05, 4.69) is 24.0 Å². The molecule has 2 N–H and O–H groups in total. The van der Waals surface area contributed by atoms with Gasteiger partial charge in [0.25, 0.3) is 0 Å². The maximum atomic E-state index is 10.6. The minimum absolute atomic E-state index is 0.0847. The standard InChI is InChI=1S/C14H18N2O2/c1-10-11(7-8-16(2)9-14(17)18)12-5-3-4-6-13(12)15-10/h3-6,15H,7-9H2,1-2H3,(H,17,18). The Morgan fingerprint density at radius 1 is 1.39 bits per heavy atom. The van der Waals surface area contributed by atoms with Gasteiger partial charge in [0.05, 0.1) is 6.54 Å². The molecule has 4 nitrogen and oxygen atoms in total. The summed E-state index contributed by atoms with van der Waals surface area (Å²) < 4.78 is 0. The topological polar surface area (TPSA) is 56.3 Å². The fourth-order valence-electron chi connectivity index (χ4n) is 2.27. The molecule has 2 aromatic rings. The lowest BCUT2D eigenvalue weighted by molar-refractivity contribution is -0.137. The lowest BCUT2D eigenvalue weighted by atomic mass is 10.1. The number of carboxylic acid groups (broad SMARTS) is 1. The zero-order chi connectivity index (χ0) is 13.1. The van der Waals surface area contributed by atoms with E-state index in [0.29, 0.717) is 0 Å². The molecule has 1 heterocycles. The summed E-state index contributed by atoms with van der Waals surface area (Å²) in [7, 11) is 1.83. The van der Waals surface area contributed by atoms with Crippen LogP contribution in [0.15, 0.2) is 24.3 Å². The normalized spacial score (nSPS) is 11.3. The molecule has 0 aliphatic rings. The molecule has 0 saturated heterocycles. The van der Waals surface area contributed by atoms with E-state index >= 15 is 0 Å². The Hall–Kier alpha value is -1.81. The first kappa shape index (κ1) is 12.6. The maximum absolute atomic E-state index is 10.6. The summed E-state index contributed by atoms with van der Waals surface area (Å²) in [5, 5.41) is 9.95. The van der Waals surface area contributed by atoms with Crippen molar-refractivity contribution in [3.05, 3.63) is 35.5 Å². The third-order valence-electron chi connectivity index (χ3n) is 3.18. The number of aliphatic carboxylic acids is 1. The molecule has 0 aliphatic heterocycles. The number of para-hydroxylation sites is 1. The predicted molar refractivity (Wildman–Crippen MR) is 71.9 cm³/mol. The van der Waals surface area contributed by atoms with Gasteiger partial charge in [-0.25, -0.2) is 0 Å². The number of fused-ring (bicyclic) bond motifs is 1. The lowest BCUT2D eigenvalue weighted by Gasteiger charge is -2.13. The summed E-state index contributed by atoms with van der Waals surface area (Å²) in [6, 6.07) is 8.21. The van der Waals surface area contributed by atoms with Gasteiger partial charge in [-0.3, -0.25) is 9.69 Å². The van der Waals surface area contributed by atoms with Crippen molar-refractivity contribution >= 4 is 16.9 Å². The van der Waals surface area contributed by atoms with Gasteiger partial charge in [-0.15, -0.1) is 0 Å². The van der Waals surface area contributed by atoms with E-state index in [0.717, 1.165) is 18.5 Å². The summed E-state index contributed by atoms with van der Waals surface area (Å²) in [5.74, 6) is -0.784. The number of aromatic nitrogens is 1. The average molecular weight is 246 g/mol. The average Bonchev–Trinajstić information content (AvgIpc) is 2.61. The number of aromatic amines is 1. The van der Waals surface area contributed by atoms with Gasteiger partial charge in [-0.05, 0) is 32.0 Å². The van der Waals surface area contributed by atoms with Gasteiger partial charge in [-0.2, -0.15) is 0 Å². The molecule has 1 aromatic heterocycles. The Morgan fingerprint density at radius 3 is 2.83 bits per heavy atom. The SMILES string of the molecule is Cc1[nH]c2ccccc2c1CCN(C)CC(=O)O. The quantitative estimate of drug-likeness (QED) is 0.848. The van der Waals surface area contributed by atoms with E-state index < -0.39 is 5.97 Å². The number of benzene rings is 1. The number of carboxylic acids is 1. The highest BCUT2D eigenvalue weighted by molar-refractivity contribution is 5.84. The number of hydrogen-bond donors (Lipinski definition) is 2. The maximum Gasteiger partial charge on any atom is 0.317 e. The van der Waals surface area contributed by atoms with Gasteiger partial charge in [0.15, 0.2) is 0 Å². The molecular weight excluding hydrogens is 228 g/mol. The Kier molecular flexibility index (Phi) is 3.67. The number of aryl methyl sites for hydroxylation is 1. The monoisotopic (exact) mass is 246 g/mol. The van der Waals surface area contributed by atoms with Gasteiger partial charge in [0.1, 0.15) is 0 Å². The first-order valence-electron chi connectivity index (χ1n) is 6.04. The number of nitrogens with zero attached hydrogens (tertiary/aromatic N) is 1. The van der Waals surface area contributed by atoms with Crippen molar-refractivity contribution in [3.8, 4) is 0 Å². The van der Waals surface area contributed by atoms with Crippen molar-refractivity contribution < 1.29 is 9.90 Å². The van der Waals surface area contributed by atoms with Crippen LogP contribution in [0.2, 0.25) is 0 Å². The number of rotatable bonds is 5. The fourth-order valence-corrected chi connectivity index (χ4v) is 2.27. The molecule has 2 rings (SSSR count). The second-order valence-corrected chi connectivity index (χ2v) is 4.66. The van der Waals surface area contributed by atoms with E-state index in [1.165, 1.54) is 16.6 Å². The van der Waals surface area contributed by atoms with Gasteiger partial charge in [-0.1, -0.05) is 18.2 Å². The fraction of sp³-hybridized carbons (Fsp3) is 0.357. The van der Waals surface area contributed by atoms with Crippen LogP contribution in [0.5, 0.6) is 0 Å². The van der Waals surface area contributed by atoms with Crippen molar-refractivity contribution in [2.45, 2.75) is 13.3 Å². The summed E-state index contributed by atoms with van der Waals surface area (Å²) >= 11 is 0. The Labute approximate surface area is 106 Å². The molecular formula is C14H18N2O2. The van der Waals surface area contributed by atoms with Crippen molar-refractivity contribution in [3.63, 3.8) is 0 Å². The smallest absolute Gasteiger partial charge is 0.317 e. The first-order chi connectivity index (χ1) is 8.58. The zero-order valence-electron chi connectivity index (χ0n) is 10.7. The Bertz CT molecular complexity index is 560. The molecule has 0 bridgehead atoms. The predicted octanol–water partition coefficient (Wildman–Crippen LogP) is 2.04. The van der Waals surface area contributed by atoms with Crippen LogP contribution in [0.1, 0.15) is 11.3 Å². The van der Waals surface area contributed by atoms with E-state index in [9.17, 15) is 4.79 Å². The molecule has 0 fully saturated rings. The summed E-state index contributed by atoms with van der Waals surface area (Å²) in [6.45, 7) is 2.89. The van der Waals surface area contributed by atoms with Crippen LogP contribution < -0.4 is 0 Å². The van der Waals surface area contributed by atoms with E-state index in [-0.39, 0.29) is 6.54 Å². The molecule has 0 amide bonds. The minimum atomic E-state index is -0.784. The number of likely N-dealkylation sites (N-methyl/N-ethyl adjacent to an activating group) is 1. The molecule has 0 unspecified atom stereocenters. The summed E-state index contributed by atoms with van der Waals surface area (Å²) in [6.07, 6.45) is 0.861. The third-order valence-corrected chi connectivity index (χ3v) is 3.18. The highest BCUT2D eigenvalue weighted by Gasteiger charge is 2.10. The van der Waals surface area contributed by atoms with Crippen LogP contribution in [0, 0.1) is 6.92 Å². The van der Waals surface area contributed by atoms with Crippen molar-refractivity contribution in [2.75, 3.05) is 20.1 Å². The molecule has 0 spiro atoms. The molecule has 0 aliphatic carbocycles. The Balaban J connectivity index is 2.12. The minimum Gasteiger partial charge on any atom is -0.480 e. The Morgan fingerprint density at radius 2 is 2.11 bits per heavy atom. The third kappa shape index (κ3) is 2.71. The number of nitrogens with one attached hydrogen (secondary N) is 1. The second kappa shape index (κ2) is 5.23. The van der Waals surface area contributed by atoms with Crippen LogP contribution in [0.3, 0.4) is 0 Å². The van der Waals surface area contributed by atoms with E-state index in [4.69, 9.17) is 5.11 Å². The van der Waals surface area contributed by atoms with Crippen LogP contribution in [0.25, 0.3) is 10.9 Å². The highest BCUT2D eigenvalue weighted by Crippen LogP contribution is 2.22. The largest absolute Gasteiger partial charge is 0.480 e. The second-order valence-electron chi connectivity index (χ2n) is 4.66. The van der Waals surface area contributed by atoms with Gasteiger partial charge >= 0.3 is 5.97 Å². The number of carbonyl (C=O) groups is 1. The molecule has 18 heavy (non-hydrogen) atoms. The van der Waals surface area contributed by atoms with Crippen molar-refractivity contribution in [1.29, 1.82) is 0 Å². The first-order valence-corrected chi connectivity index (χ1v) is 6.04. The van der Waals surface area contributed by atoms with Crippen LogP contribution in [-0.2, 0) is 11.2 Å². The van der Waals surface area contributed by atoms with Gasteiger partial charge in [0.2, 0.25) is 0 Å². The van der Waals surface area contributed by atoms with Crippen molar-refractivity contribution in [1.82, 2.24) is 9.88 Å². The molecule has 0 saturated carbocycles. The van der Waals surface area contributed by atoms with Crippen LogP contribution in [0.4, 0.5) is 0 Å². The molecule has 96 valence electrons. The molecule has 0 radical (unpaired) electrons.